The van der Waals surface area contributed by atoms with Gasteiger partial charge in [0.1, 0.15) is 5.82 Å². The molecule has 1 N–H and O–H groups in total. The maximum absolute atomic E-state index is 11.9. The Morgan fingerprint density at radius 2 is 2.17 bits per heavy atom. The minimum absolute atomic E-state index is 0.252. The van der Waals surface area contributed by atoms with Crippen LogP contribution in [0.5, 0.6) is 0 Å². The molecular formula is C12H20N4OS. The van der Waals surface area contributed by atoms with Gasteiger partial charge in [0.05, 0.1) is 0 Å². The van der Waals surface area contributed by atoms with Gasteiger partial charge in [0.2, 0.25) is 11.0 Å². The highest BCUT2D eigenvalue weighted by Gasteiger charge is 2.15. The summed E-state index contributed by atoms with van der Waals surface area (Å²) >= 11 is 1.36. The van der Waals surface area contributed by atoms with Crippen molar-refractivity contribution in [1.82, 2.24) is 14.3 Å². The number of aromatic nitrogens is 2. The normalized spacial score (nSPS) is 15.7. The molecule has 5 nitrogen and oxygen atoms in total. The van der Waals surface area contributed by atoms with Crippen LogP contribution in [0.15, 0.2) is 0 Å². The Morgan fingerprint density at radius 3 is 2.83 bits per heavy atom. The average Bonchev–Trinajstić information content (AvgIpc) is 2.87. The SMILES string of the molecule is CCc1nsc(NCCC(=O)N2CCCCC2)n1. The Kier molecular flexibility index (Phi) is 4.92. The summed E-state index contributed by atoms with van der Waals surface area (Å²) in [5, 5.41) is 3.98. The highest BCUT2D eigenvalue weighted by atomic mass is 32.1. The number of likely N-dealkylation sites (tertiary alicyclic amines) is 1. The molecule has 1 fully saturated rings. The van der Waals surface area contributed by atoms with Crippen molar-refractivity contribution in [3.8, 4) is 0 Å². The predicted octanol–water partition coefficient (Wildman–Crippen LogP) is 1.91. The molecule has 0 radical (unpaired) electrons. The third-order valence-corrected chi connectivity index (χ3v) is 3.82. The van der Waals surface area contributed by atoms with Gasteiger partial charge in [0, 0.05) is 44.0 Å². The van der Waals surface area contributed by atoms with Gasteiger partial charge in [-0.15, -0.1) is 0 Å². The van der Waals surface area contributed by atoms with E-state index in [9.17, 15) is 4.79 Å². The molecule has 2 heterocycles. The van der Waals surface area contributed by atoms with Gasteiger partial charge in [-0.25, -0.2) is 4.98 Å². The first-order chi connectivity index (χ1) is 8.79. The number of carbonyl (C=O) groups excluding carboxylic acids is 1. The first-order valence-corrected chi connectivity index (χ1v) is 7.41. The Bertz CT molecular complexity index is 387. The Morgan fingerprint density at radius 1 is 1.39 bits per heavy atom. The number of hydrogen-bond acceptors (Lipinski definition) is 5. The molecule has 0 spiro atoms. The van der Waals surface area contributed by atoms with Crippen molar-refractivity contribution in [2.75, 3.05) is 25.0 Å². The van der Waals surface area contributed by atoms with Crippen molar-refractivity contribution in [1.29, 1.82) is 0 Å². The van der Waals surface area contributed by atoms with Crippen LogP contribution in [0, 0.1) is 0 Å². The van der Waals surface area contributed by atoms with Crippen LogP contribution in [0.2, 0.25) is 0 Å². The van der Waals surface area contributed by atoms with Crippen LogP contribution in [-0.2, 0) is 11.2 Å². The number of amides is 1. The molecule has 1 aliphatic rings. The molecule has 0 unspecified atom stereocenters. The summed E-state index contributed by atoms with van der Waals surface area (Å²) in [6.07, 6.45) is 4.95. The monoisotopic (exact) mass is 268 g/mol. The summed E-state index contributed by atoms with van der Waals surface area (Å²) in [5.74, 6) is 1.12. The lowest BCUT2D eigenvalue weighted by molar-refractivity contribution is -0.131. The van der Waals surface area contributed by atoms with Crippen LogP contribution < -0.4 is 5.32 Å². The molecule has 18 heavy (non-hydrogen) atoms. The van der Waals surface area contributed by atoms with Crippen LogP contribution in [0.1, 0.15) is 38.4 Å². The van der Waals surface area contributed by atoms with E-state index in [4.69, 9.17) is 0 Å². The first kappa shape index (κ1) is 13.3. The van der Waals surface area contributed by atoms with Gasteiger partial charge in [-0.2, -0.15) is 4.37 Å². The molecular weight excluding hydrogens is 248 g/mol. The van der Waals surface area contributed by atoms with E-state index in [0.717, 1.165) is 43.3 Å². The highest BCUT2D eigenvalue weighted by Crippen LogP contribution is 2.12. The van der Waals surface area contributed by atoms with Crippen LogP contribution >= 0.6 is 11.5 Å². The molecule has 0 saturated carbocycles. The lowest BCUT2D eigenvalue weighted by atomic mass is 10.1. The van der Waals surface area contributed by atoms with E-state index in [2.05, 4.69) is 14.7 Å². The fourth-order valence-electron chi connectivity index (χ4n) is 2.05. The second-order valence-corrected chi connectivity index (χ2v) is 5.24. The summed E-state index contributed by atoms with van der Waals surface area (Å²) in [7, 11) is 0. The standard InChI is InChI=1S/C12H20N4OS/c1-2-10-14-12(18-15-10)13-7-6-11(17)16-8-4-3-5-9-16/h2-9H2,1H3,(H,13,14,15). The van der Waals surface area contributed by atoms with Crippen molar-refractivity contribution >= 4 is 22.6 Å². The molecule has 0 aliphatic carbocycles. The van der Waals surface area contributed by atoms with Crippen molar-refractivity contribution in [3.05, 3.63) is 5.82 Å². The molecule has 0 aromatic carbocycles. The van der Waals surface area contributed by atoms with E-state index in [1.165, 1.54) is 18.0 Å². The number of hydrogen-bond donors (Lipinski definition) is 1. The highest BCUT2D eigenvalue weighted by molar-refractivity contribution is 7.09. The Balaban J connectivity index is 1.69. The maximum atomic E-state index is 11.9. The van der Waals surface area contributed by atoms with E-state index in [-0.39, 0.29) is 5.91 Å². The molecule has 100 valence electrons. The third kappa shape index (κ3) is 3.66. The van der Waals surface area contributed by atoms with Crippen LogP contribution in [-0.4, -0.2) is 39.8 Å². The molecule has 0 atom stereocenters. The lowest BCUT2D eigenvalue weighted by Gasteiger charge is -2.26. The zero-order valence-electron chi connectivity index (χ0n) is 10.8. The van der Waals surface area contributed by atoms with Crippen molar-refractivity contribution < 1.29 is 4.79 Å². The molecule has 1 amide bonds. The minimum Gasteiger partial charge on any atom is -0.360 e. The number of anilines is 1. The van der Waals surface area contributed by atoms with Gasteiger partial charge >= 0.3 is 0 Å². The topological polar surface area (TPSA) is 58.1 Å². The second kappa shape index (κ2) is 6.68. The molecule has 6 heteroatoms. The Labute approximate surface area is 112 Å². The van der Waals surface area contributed by atoms with Gasteiger partial charge in [-0.05, 0) is 19.3 Å². The van der Waals surface area contributed by atoms with E-state index >= 15 is 0 Å². The fourth-order valence-corrected chi connectivity index (χ4v) is 2.72. The molecule has 1 aromatic rings. The van der Waals surface area contributed by atoms with Crippen LogP contribution in [0.4, 0.5) is 5.13 Å². The number of nitrogens with one attached hydrogen (secondary N) is 1. The summed E-state index contributed by atoms with van der Waals surface area (Å²) in [4.78, 5) is 18.2. The van der Waals surface area contributed by atoms with Crippen molar-refractivity contribution in [2.24, 2.45) is 0 Å². The van der Waals surface area contributed by atoms with Crippen LogP contribution in [0.25, 0.3) is 0 Å². The summed E-state index contributed by atoms with van der Waals surface area (Å²) < 4.78 is 4.20. The van der Waals surface area contributed by atoms with Gasteiger partial charge < -0.3 is 10.2 Å². The molecule has 1 aliphatic heterocycles. The molecule has 1 saturated heterocycles. The minimum atomic E-state index is 0.252. The fraction of sp³-hybridized carbons (Fsp3) is 0.750. The summed E-state index contributed by atoms with van der Waals surface area (Å²) in [6, 6.07) is 0. The predicted molar refractivity (Wildman–Crippen MR) is 72.8 cm³/mol. The quantitative estimate of drug-likeness (QED) is 0.886. The number of carbonyl (C=O) groups is 1. The first-order valence-electron chi connectivity index (χ1n) is 6.64. The number of aryl methyl sites for hydroxylation is 1. The number of rotatable bonds is 5. The number of piperidine rings is 1. The van der Waals surface area contributed by atoms with Gasteiger partial charge in [0.15, 0.2) is 0 Å². The zero-order chi connectivity index (χ0) is 12.8. The van der Waals surface area contributed by atoms with Crippen molar-refractivity contribution in [2.45, 2.75) is 39.0 Å². The van der Waals surface area contributed by atoms with E-state index in [0.29, 0.717) is 13.0 Å². The smallest absolute Gasteiger partial charge is 0.224 e. The molecule has 2 rings (SSSR count). The van der Waals surface area contributed by atoms with E-state index in [1.54, 1.807) is 0 Å². The van der Waals surface area contributed by atoms with E-state index < -0.39 is 0 Å². The summed E-state index contributed by atoms with van der Waals surface area (Å²) in [5.41, 5.74) is 0. The summed E-state index contributed by atoms with van der Waals surface area (Å²) in [6.45, 7) is 4.54. The van der Waals surface area contributed by atoms with Gasteiger partial charge in [-0.1, -0.05) is 6.92 Å². The van der Waals surface area contributed by atoms with Gasteiger partial charge in [-0.3, -0.25) is 4.79 Å². The molecule has 0 bridgehead atoms. The molecule has 1 aromatic heterocycles. The number of nitrogens with zero attached hydrogens (tertiary/aromatic N) is 3. The zero-order valence-corrected chi connectivity index (χ0v) is 11.6. The Hall–Kier alpha value is -1.17. The largest absolute Gasteiger partial charge is 0.360 e. The van der Waals surface area contributed by atoms with Crippen LogP contribution in [0.3, 0.4) is 0 Å². The second-order valence-electron chi connectivity index (χ2n) is 4.49. The maximum Gasteiger partial charge on any atom is 0.224 e. The lowest BCUT2D eigenvalue weighted by Crippen LogP contribution is -2.36. The van der Waals surface area contributed by atoms with Gasteiger partial charge in [0.25, 0.3) is 0 Å². The van der Waals surface area contributed by atoms with E-state index in [1.807, 2.05) is 11.8 Å². The van der Waals surface area contributed by atoms with Crippen molar-refractivity contribution in [3.63, 3.8) is 0 Å². The average molecular weight is 268 g/mol. The third-order valence-electron chi connectivity index (χ3n) is 3.11.